The summed E-state index contributed by atoms with van der Waals surface area (Å²) >= 11 is 0. The number of aromatic nitrogens is 2. The Labute approximate surface area is 209 Å². The SMILES string of the molecule is CN=C(NCC(c1ccc(OC)cc1)N1CCCC1)N1CCC(C)C(n2ccnc2)C1.I. The molecule has 2 fully saturated rings. The average Bonchev–Trinajstić information content (AvgIpc) is 3.52. The van der Waals surface area contributed by atoms with Gasteiger partial charge in [0.2, 0.25) is 0 Å². The van der Waals surface area contributed by atoms with Crippen LogP contribution in [-0.4, -0.2) is 72.2 Å². The van der Waals surface area contributed by atoms with Gasteiger partial charge in [0.1, 0.15) is 5.75 Å². The number of guanidine groups is 1. The van der Waals surface area contributed by atoms with E-state index in [1.807, 2.05) is 19.6 Å². The molecule has 0 spiro atoms. The summed E-state index contributed by atoms with van der Waals surface area (Å²) in [5.41, 5.74) is 1.33. The molecule has 1 aromatic carbocycles. The maximum absolute atomic E-state index is 5.36. The van der Waals surface area contributed by atoms with E-state index in [2.05, 4.69) is 67.0 Å². The second-order valence-corrected chi connectivity index (χ2v) is 8.75. The molecule has 4 rings (SSSR count). The van der Waals surface area contributed by atoms with Gasteiger partial charge >= 0.3 is 0 Å². The Morgan fingerprint density at radius 1 is 1.22 bits per heavy atom. The van der Waals surface area contributed by atoms with E-state index in [1.165, 1.54) is 18.4 Å². The van der Waals surface area contributed by atoms with Crippen molar-refractivity contribution in [3.8, 4) is 5.75 Å². The van der Waals surface area contributed by atoms with E-state index in [9.17, 15) is 0 Å². The molecular weight excluding hydrogens is 515 g/mol. The highest BCUT2D eigenvalue weighted by Crippen LogP contribution is 2.28. The Balaban J connectivity index is 0.00000289. The number of aliphatic imine (C=N–C) groups is 1. The monoisotopic (exact) mass is 552 g/mol. The highest BCUT2D eigenvalue weighted by atomic mass is 127. The molecule has 0 bridgehead atoms. The van der Waals surface area contributed by atoms with Gasteiger partial charge in [0.25, 0.3) is 0 Å². The van der Waals surface area contributed by atoms with Crippen LogP contribution in [0.15, 0.2) is 48.0 Å². The van der Waals surface area contributed by atoms with Crippen LogP contribution in [0.4, 0.5) is 0 Å². The van der Waals surface area contributed by atoms with Gasteiger partial charge in [-0.15, -0.1) is 24.0 Å². The molecule has 0 aliphatic carbocycles. The van der Waals surface area contributed by atoms with Crippen molar-refractivity contribution in [3.63, 3.8) is 0 Å². The van der Waals surface area contributed by atoms with Gasteiger partial charge in [0, 0.05) is 39.1 Å². The number of nitrogens with one attached hydrogen (secondary N) is 1. The minimum atomic E-state index is 0. The van der Waals surface area contributed by atoms with Crippen LogP contribution in [0.3, 0.4) is 0 Å². The zero-order valence-corrected chi connectivity index (χ0v) is 21.8. The molecule has 0 radical (unpaired) electrons. The first-order valence-electron chi connectivity index (χ1n) is 11.5. The zero-order valence-electron chi connectivity index (χ0n) is 19.5. The third-order valence-electron chi connectivity index (χ3n) is 6.87. The van der Waals surface area contributed by atoms with Gasteiger partial charge < -0.3 is 19.5 Å². The van der Waals surface area contributed by atoms with Crippen LogP contribution in [0.1, 0.15) is 43.8 Å². The van der Waals surface area contributed by atoms with Crippen molar-refractivity contribution in [2.24, 2.45) is 10.9 Å². The predicted octanol–water partition coefficient (Wildman–Crippen LogP) is 3.81. The molecule has 0 amide bonds. The highest BCUT2D eigenvalue weighted by molar-refractivity contribution is 14.0. The van der Waals surface area contributed by atoms with Crippen molar-refractivity contribution in [2.75, 3.05) is 46.9 Å². The van der Waals surface area contributed by atoms with Gasteiger partial charge in [-0.2, -0.15) is 0 Å². The first-order chi connectivity index (χ1) is 15.2. The summed E-state index contributed by atoms with van der Waals surface area (Å²) in [6, 6.07) is 9.28. The van der Waals surface area contributed by atoms with E-state index in [0.717, 1.165) is 50.9 Å². The van der Waals surface area contributed by atoms with Crippen molar-refractivity contribution in [2.45, 2.75) is 38.3 Å². The fourth-order valence-electron chi connectivity index (χ4n) is 4.95. The molecule has 2 aliphatic rings. The summed E-state index contributed by atoms with van der Waals surface area (Å²) in [7, 11) is 3.61. The molecule has 2 saturated heterocycles. The van der Waals surface area contributed by atoms with Gasteiger partial charge in [0.05, 0.1) is 25.5 Å². The lowest BCUT2D eigenvalue weighted by atomic mass is 9.93. The zero-order chi connectivity index (χ0) is 21.6. The molecule has 8 heteroatoms. The van der Waals surface area contributed by atoms with E-state index < -0.39 is 0 Å². The number of piperidine rings is 1. The molecule has 3 unspecified atom stereocenters. The largest absolute Gasteiger partial charge is 0.497 e. The minimum absolute atomic E-state index is 0. The third kappa shape index (κ3) is 5.75. The molecule has 2 aliphatic heterocycles. The standard InChI is InChI=1S/C24H36N6O.HI/c1-19-10-14-29(17-23(19)30-15-11-26-18-30)24(25-2)27-16-22(28-12-4-5-13-28)20-6-8-21(31-3)9-7-20;/h6-9,11,15,18-19,22-23H,4-5,10,12-14,16-17H2,1-3H3,(H,25,27);1H. The predicted molar refractivity (Wildman–Crippen MR) is 140 cm³/mol. The quantitative estimate of drug-likeness (QED) is 0.336. The van der Waals surface area contributed by atoms with Crippen LogP contribution >= 0.6 is 24.0 Å². The molecule has 7 nitrogen and oxygen atoms in total. The molecule has 176 valence electrons. The molecule has 0 saturated carbocycles. The summed E-state index contributed by atoms with van der Waals surface area (Å²) in [6.07, 6.45) is 9.59. The van der Waals surface area contributed by atoms with Crippen molar-refractivity contribution < 1.29 is 4.74 Å². The van der Waals surface area contributed by atoms with Crippen LogP contribution in [0.2, 0.25) is 0 Å². The second-order valence-electron chi connectivity index (χ2n) is 8.75. The number of imidazole rings is 1. The fourth-order valence-corrected chi connectivity index (χ4v) is 4.95. The Morgan fingerprint density at radius 2 is 1.97 bits per heavy atom. The van der Waals surface area contributed by atoms with Crippen LogP contribution in [0.25, 0.3) is 0 Å². The molecule has 2 aromatic rings. The summed E-state index contributed by atoms with van der Waals surface area (Å²) in [6.45, 7) is 7.48. The number of benzene rings is 1. The van der Waals surface area contributed by atoms with E-state index in [4.69, 9.17) is 4.74 Å². The summed E-state index contributed by atoms with van der Waals surface area (Å²) in [5.74, 6) is 2.52. The van der Waals surface area contributed by atoms with E-state index in [1.54, 1.807) is 7.11 Å². The molecule has 1 N–H and O–H groups in total. The van der Waals surface area contributed by atoms with Crippen LogP contribution in [0, 0.1) is 5.92 Å². The lowest BCUT2D eigenvalue weighted by Crippen LogP contribution is -2.50. The number of nitrogens with zero attached hydrogens (tertiary/aromatic N) is 5. The van der Waals surface area contributed by atoms with Crippen molar-refractivity contribution in [3.05, 3.63) is 48.5 Å². The number of halogens is 1. The number of likely N-dealkylation sites (tertiary alicyclic amines) is 2. The summed E-state index contributed by atoms with van der Waals surface area (Å²) < 4.78 is 7.60. The van der Waals surface area contributed by atoms with E-state index in [-0.39, 0.29) is 24.0 Å². The Bertz CT molecular complexity index is 835. The lowest BCUT2D eigenvalue weighted by Gasteiger charge is -2.40. The maximum Gasteiger partial charge on any atom is 0.193 e. The smallest absolute Gasteiger partial charge is 0.193 e. The molecule has 3 atom stereocenters. The molecular formula is C24H37IN6O. The molecule has 3 heterocycles. The Morgan fingerprint density at radius 3 is 2.59 bits per heavy atom. The van der Waals surface area contributed by atoms with Crippen molar-refractivity contribution in [1.29, 1.82) is 0 Å². The molecule has 1 aromatic heterocycles. The maximum atomic E-state index is 5.36. The van der Waals surface area contributed by atoms with Gasteiger partial charge in [-0.1, -0.05) is 19.1 Å². The van der Waals surface area contributed by atoms with Crippen molar-refractivity contribution in [1.82, 2.24) is 24.7 Å². The van der Waals surface area contributed by atoms with E-state index >= 15 is 0 Å². The summed E-state index contributed by atoms with van der Waals surface area (Å²) in [5, 5.41) is 3.70. The number of ether oxygens (including phenoxy) is 1. The minimum Gasteiger partial charge on any atom is -0.497 e. The number of hydrogen-bond donors (Lipinski definition) is 1. The first-order valence-corrected chi connectivity index (χ1v) is 11.5. The lowest BCUT2D eigenvalue weighted by molar-refractivity contribution is 0.186. The highest BCUT2D eigenvalue weighted by Gasteiger charge is 2.30. The summed E-state index contributed by atoms with van der Waals surface area (Å²) in [4.78, 5) is 13.9. The average molecular weight is 553 g/mol. The van der Waals surface area contributed by atoms with Gasteiger partial charge in [-0.25, -0.2) is 4.98 Å². The number of hydrogen-bond acceptors (Lipinski definition) is 4. The fraction of sp³-hybridized carbons (Fsp3) is 0.583. The Hall–Kier alpha value is -1.81. The molecule has 32 heavy (non-hydrogen) atoms. The van der Waals surface area contributed by atoms with Gasteiger partial charge in [0.15, 0.2) is 5.96 Å². The van der Waals surface area contributed by atoms with Crippen molar-refractivity contribution >= 4 is 29.9 Å². The Kier molecular flexibility index (Phi) is 9.22. The normalized spacial score (nSPS) is 23.0. The van der Waals surface area contributed by atoms with E-state index in [0.29, 0.717) is 18.0 Å². The first kappa shape index (κ1) is 24.8. The second kappa shape index (κ2) is 11.9. The van der Waals surface area contributed by atoms with Crippen LogP contribution < -0.4 is 10.1 Å². The van der Waals surface area contributed by atoms with Crippen LogP contribution in [0.5, 0.6) is 5.75 Å². The van der Waals surface area contributed by atoms with Crippen LogP contribution in [-0.2, 0) is 0 Å². The van der Waals surface area contributed by atoms with Gasteiger partial charge in [-0.3, -0.25) is 9.89 Å². The third-order valence-corrected chi connectivity index (χ3v) is 6.87. The number of methoxy groups -OCH3 is 1. The number of rotatable bonds is 6. The topological polar surface area (TPSA) is 57.9 Å². The van der Waals surface area contributed by atoms with Gasteiger partial charge in [-0.05, 0) is 56.0 Å².